The van der Waals surface area contributed by atoms with Crippen LogP contribution < -0.4 is 16.6 Å². The van der Waals surface area contributed by atoms with Crippen LogP contribution in [0.3, 0.4) is 0 Å². The van der Waals surface area contributed by atoms with E-state index in [1.165, 1.54) is 10.9 Å². The van der Waals surface area contributed by atoms with Gasteiger partial charge in [-0.3, -0.25) is 9.59 Å². The van der Waals surface area contributed by atoms with Gasteiger partial charge in [0.05, 0.1) is 11.9 Å². The number of primary amides is 1. The van der Waals surface area contributed by atoms with Gasteiger partial charge in [-0.1, -0.05) is 6.92 Å². The fourth-order valence-corrected chi connectivity index (χ4v) is 1.66. The Kier molecular flexibility index (Phi) is 4.68. The van der Waals surface area contributed by atoms with Crippen LogP contribution in [0, 0.1) is 0 Å². The first kappa shape index (κ1) is 13.7. The van der Waals surface area contributed by atoms with Crippen molar-refractivity contribution in [1.29, 1.82) is 0 Å². The number of carbonyl (C=O) groups excluding carboxylic acids is 1. The predicted octanol–water partition coefficient (Wildman–Crippen LogP) is 0.702. The summed E-state index contributed by atoms with van der Waals surface area (Å²) >= 11 is 3.19. The number of hydrogen-bond acceptors (Lipinski definition) is 4. The van der Waals surface area contributed by atoms with E-state index in [9.17, 15) is 9.59 Å². The van der Waals surface area contributed by atoms with Crippen molar-refractivity contribution in [2.45, 2.75) is 32.9 Å². The van der Waals surface area contributed by atoms with Crippen molar-refractivity contribution < 1.29 is 4.79 Å². The first-order chi connectivity index (χ1) is 7.97. The highest BCUT2D eigenvalue weighted by molar-refractivity contribution is 9.10. The maximum atomic E-state index is 11.8. The lowest BCUT2D eigenvalue weighted by molar-refractivity contribution is -0.118. The Hall–Kier alpha value is -1.37. The number of amides is 1. The second-order valence-electron chi connectivity index (χ2n) is 3.67. The highest BCUT2D eigenvalue weighted by Gasteiger charge is 2.13. The van der Waals surface area contributed by atoms with Gasteiger partial charge in [0.1, 0.15) is 10.5 Å². The zero-order chi connectivity index (χ0) is 13.0. The summed E-state index contributed by atoms with van der Waals surface area (Å²) in [5.41, 5.74) is 5.37. The SMILES string of the molecule is CCCn1ncc(NC(C)C(N)=O)c(Br)c1=O. The summed E-state index contributed by atoms with van der Waals surface area (Å²) in [6, 6.07) is -0.561. The van der Waals surface area contributed by atoms with E-state index in [-0.39, 0.29) is 5.56 Å². The predicted molar refractivity (Wildman–Crippen MR) is 68.8 cm³/mol. The molecule has 0 bridgehead atoms. The normalized spacial score (nSPS) is 12.2. The number of nitrogens with one attached hydrogen (secondary N) is 1. The number of anilines is 1. The van der Waals surface area contributed by atoms with Crippen LogP contribution in [0.25, 0.3) is 0 Å². The average Bonchev–Trinajstić information content (AvgIpc) is 2.28. The van der Waals surface area contributed by atoms with Crippen LogP contribution >= 0.6 is 15.9 Å². The van der Waals surface area contributed by atoms with Crippen LogP contribution in [0.1, 0.15) is 20.3 Å². The van der Waals surface area contributed by atoms with Crippen LogP contribution in [0.2, 0.25) is 0 Å². The number of nitrogens with zero attached hydrogens (tertiary/aromatic N) is 2. The minimum absolute atomic E-state index is 0.228. The fourth-order valence-electron chi connectivity index (χ4n) is 1.24. The maximum Gasteiger partial charge on any atom is 0.283 e. The molecule has 0 aromatic carbocycles. The van der Waals surface area contributed by atoms with E-state index in [1.54, 1.807) is 6.92 Å². The van der Waals surface area contributed by atoms with Crippen molar-refractivity contribution in [2.24, 2.45) is 5.73 Å². The zero-order valence-electron chi connectivity index (χ0n) is 9.74. The third-order valence-electron chi connectivity index (χ3n) is 2.22. The van der Waals surface area contributed by atoms with Gasteiger partial charge in [0, 0.05) is 6.54 Å². The molecule has 1 aromatic heterocycles. The van der Waals surface area contributed by atoms with E-state index >= 15 is 0 Å². The molecule has 0 saturated heterocycles. The Morgan fingerprint density at radius 2 is 2.35 bits per heavy atom. The monoisotopic (exact) mass is 302 g/mol. The molecule has 0 radical (unpaired) electrons. The lowest BCUT2D eigenvalue weighted by atomic mass is 10.3. The first-order valence-corrected chi connectivity index (χ1v) is 6.08. The second-order valence-corrected chi connectivity index (χ2v) is 4.46. The van der Waals surface area contributed by atoms with Gasteiger partial charge in [-0.15, -0.1) is 0 Å². The molecule has 7 heteroatoms. The van der Waals surface area contributed by atoms with Gasteiger partial charge >= 0.3 is 0 Å². The summed E-state index contributed by atoms with van der Waals surface area (Å²) < 4.78 is 1.72. The van der Waals surface area contributed by atoms with E-state index in [0.29, 0.717) is 16.7 Å². The van der Waals surface area contributed by atoms with Gasteiger partial charge in [-0.05, 0) is 29.3 Å². The Morgan fingerprint density at radius 3 is 2.88 bits per heavy atom. The van der Waals surface area contributed by atoms with E-state index in [2.05, 4.69) is 26.3 Å². The van der Waals surface area contributed by atoms with Crippen LogP contribution in [0.4, 0.5) is 5.69 Å². The number of rotatable bonds is 5. The third kappa shape index (κ3) is 3.29. The van der Waals surface area contributed by atoms with E-state index in [1.807, 2.05) is 6.92 Å². The summed E-state index contributed by atoms with van der Waals surface area (Å²) in [6.07, 6.45) is 2.32. The maximum absolute atomic E-state index is 11.8. The van der Waals surface area contributed by atoms with Crippen LogP contribution in [-0.4, -0.2) is 21.7 Å². The number of aryl methyl sites for hydroxylation is 1. The van der Waals surface area contributed by atoms with Crippen molar-refractivity contribution >= 4 is 27.5 Å². The topological polar surface area (TPSA) is 90.0 Å². The molecular weight excluding hydrogens is 288 g/mol. The zero-order valence-corrected chi connectivity index (χ0v) is 11.3. The number of hydrogen-bond donors (Lipinski definition) is 2. The number of nitrogens with two attached hydrogens (primary N) is 1. The van der Waals surface area contributed by atoms with Crippen LogP contribution in [0.15, 0.2) is 15.5 Å². The summed E-state index contributed by atoms with van der Waals surface area (Å²) in [7, 11) is 0. The number of aromatic nitrogens is 2. The summed E-state index contributed by atoms with van der Waals surface area (Å²) in [6.45, 7) is 4.14. The van der Waals surface area contributed by atoms with Gasteiger partial charge in [-0.25, -0.2) is 4.68 Å². The molecule has 1 unspecified atom stereocenters. The van der Waals surface area contributed by atoms with Crippen molar-refractivity contribution in [1.82, 2.24) is 9.78 Å². The Labute approximate surface area is 107 Å². The van der Waals surface area contributed by atoms with Crippen LogP contribution in [0.5, 0.6) is 0 Å². The van der Waals surface area contributed by atoms with Crippen molar-refractivity contribution in [3.05, 3.63) is 21.0 Å². The number of halogens is 1. The molecule has 6 nitrogen and oxygen atoms in total. The Balaban J connectivity index is 3.00. The summed E-state index contributed by atoms with van der Waals surface area (Å²) in [4.78, 5) is 22.7. The summed E-state index contributed by atoms with van der Waals surface area (Å²) in [5.74, 6) is -0.491. The Morgan fingerprint density at radius 1 is 1.71 bits per heavy atom. The van der Waals surface area contributed by atoms with Gasteiger partial charge in [-0.2, -0.15) is 5.10 Å². The molecule has 0 fully saturated rings. The molecule has 1 aromatic rings. The van der Waals surface area contributed by atoms with E-state index in [4.69, 9.17) is 5.73 Å². The molecular formula is C10H15BrN4O2. The van der Waals surface area contributed by atoms with Crippen LogP contribution in [-0.2, 0) is 11.3 Å². The standard InChI is InChI=1S/C10H15BrN4O2/c1-3-4-15-10(17)8(11)7(5-13-15)14-6(2)9(12)16/h5-6,14H,3-4H2,1-2H3,(H2,12,16). The van der Waals surface area contributed by atoms with Gasteiger partial charge in [0.2, 0.25) is 5.91 Å². The molecule has 1 heterocycles. The van der Waals surface area contributed by atoms with E-state index in [0.717, 1.165) is 6.42 Å². The molecule has 1 atom stereocenters. The summed E-state index contributed by atoms with van der Waals surface area (Å²) in [5, 5.41) is 6.82. The van der Waals surface area contributed by atoms with Gasteiger partial charge < -0.3 is 11.1 Å². The van der Waals surface area contributed by atoms with Crippen molar-refractivity contribution in [3.63, 3.8) is 0 Å². The average molecular weight is 303 g/mol. The molecule has 3 N–H and O–H groups in total. The minimum Gasteiger partial charge on any atom is -0.372 e. The van der Waals surface area contributed by atoms with Gasteiger partial charge in [0.25, 0.3) is 5.56 Å². The smallest absolute Gasteiger partial charge is 0.283 e. The molecule has 0 saturated carbocycles. The van der Waals surface area contributed by atoms with Gasteiger partial charge in [0.15, 0.2) is 0 Å². The van der Waals surface area contributed by atoms with Crippen molar-refractivity contribution in [3.8, 4) is 0 Å². The molecule has 0 aliphatic rings. The molecule has 1 rings (SSSR count). The Bertz CT molecular complexity index is 472. The minimum atomic E-state index is -0.561. The lowest BCUT2D eigenvalue weighted by Gasteiger charge is -2.13. The molecule has 0 spiro atoms. The molecule has 1 amide bonds. The molecule has 17 heavy (non-hydrogen) atoms. The molecule has 94 valence electrons. The first-order valence-electron chi connectivity index (χ1n) is 5.28. The fraction of sp³-hybridized carbons (Fsp3) is 0.500. The highest BCUT2D eigenvalue weighted by Crippen LogP contribution is 2.16. The quantitative estimate of drug-likeness (QED) is 0.838. The highest BCUT2D eigenvalue weighted by atomic mass is 79.9. The second kappa shape index (κ2) is 5.81. The van der Waals surface area contributed by atoms with Crippen molar-refractivity contribution in [2.75, 3.05) is 5.32 Å². The largest absolute Gasteiger partial charge is 0.372 e. The third-order valence-corrected chi connectivity index (χ3v) is 2.99. The van der Waals surface area contributed by atoms with E-state index < -0.39 is 11.9 Å². The molecule has 0 aliphatic carbocycles. The lowest BCUT2D eigenvalue weighted by Crippen LogP contribution is -2.34. The number of carbonyl (C=O) groups is 1. The molecule has 0 aliphatic heterocycles.